The van der Waals surface area contributed by atoms with Crippen molar-refractivity contribution in [3.8, 4) is 0 Å². The lowest BCUT2D eigenvalue weighted by atomic mass is 10.0. The molecule has 18 heavy (non-hydrogen) atoms. The number of nitrogens with zero attached hydrogens (tertiary/aromatic N) is 3. The number of rotatable bonds is 8. The second-order valence-corrected chi connectivity index (χ2v) is 4.64. The summed E-state index contributed by atoms with van der Waals surface area (Å²) in [5, 5.41) is 7.51. The SMILES string of the molecule is CCCNC(C)C(C)c1nc(N(CC)CC)no1. The highest BCUT2D eigenvalue weighted by molar-refractivity contribution is 5.27. The fraction of sp³-hybridized carbons (Fsp3) is 0.846. The minimum Gasteiger partial charge on any atom is -0.339 e. The Bertz CT molecular complexity index is 335. The minimum atomic E-state index is 0.230. The topological polar surface area (TPSA) is 54.2 Å². The molecule has 0 saturated carbocycles. The molecule has 5 heteroatoms. The van der Waals surface area contributed by atoms with Crippen molar-refractivity contribution in [1.29, 1.82) is 0 Å². The van der Waals surface area contributed by atoms with Gasteiger partial charge in [0, 0.05) is 19.1 Å². The summed E-state index contributed by atoms with van der Waals surface area (Å²) in [7, 11) is 0. The van der Waals surface area contributed by atoms with Gasteiger partial charge >= 0.3 is 0 Å². The van der Waals surface area contributed by atoms with E-state index >= 15 is 0 Å². The average Bonchev–Trinajstić information content (AvgIpc) is 2.86. The third kappa shape index (κ3) is 3.70. The molecule has 0 aliphatic rings. The Morgan fingerprint density at radius 3 is 2.44 bits per heavy atom. The van der Waals surface area contributed by atoms with Gasteiger partial charge in [0.1, 0.15) is 0 Å². The Labute approximate surface area is 110 Å². The number of aromatic nitrogens is 2. The summed E-state index contributed by atoms with van der Waals surface area (Å²) >= 11 is 0. The summed E-state index contributed by atoms with van der Waals surface area (Å²) in [6, 6.07) is 0.343. The molecular formula is C13H26N4O. The van der Waals surface area contributed by atoms with Crippen molar-refractivity contribution in [2.24, 2.45) is 0 Å². The molecule has 104 valence electrons. The predicted molar refractivity (Wildman–Crippen MR) is 74.0 cm³/mol. The first kappa shape index (κ1) is 15.0. The largest absolute Gasteiger partial charge is 0.339 e. The summed E-state index contributed by atoms with van der Waals surface area (Å²) in [5.74, 6) is 1.64. The molecule has 0 aliphatic carbocycles. The molecule has 0 spiro atoms. The summed E-state index contributed by atoms with van der Waals surface area (Å²) in [4.78, 5) is 6.58. The van der Waals surface area contributed by atoms with Crippen molar-refractivity contribution < 1.29 is 4.52 Å². The van der Waals surface area contributed by atoms with Crippen LogP contribution in [0, 0.1) is 0 Å². The molecule has 1 N–H and O–H groups in total. The van der Waals surface area contributed by atoms with Crippen LogP contribution in [0.5, 0.6) is 0 Å². The quantitative estimate of drug-likeness (QED) is 0.772. The highest BCUT2D eigenvalue weighted by atomic mass is 16.5. The maximum Gasteiger partial charge on any atom is 0.266 e. The highest BCUT2D eigenvalue weighted by Crippen LogP contribution is 2.19. The van der Waals surface area contributed by atoms with E-state index in [0.29, 0.717) is 17.9 Å². The van der Waals surface area contributed by atoms with Gasteiger partial charge in [-0.25, -0.2) is 0 Å². The second kappa shape index (κ2) is 7.36. The molecule has 0 amide bonds. The van der Waals surface area contributed by atoms with Crippen molar-refractivity contribution in [2.45, 2.75) is 53.0 Å². The van der Waals surface area contributed by atoms with Gasteiger partial charge in [-0.2, -0.15) is 4.98 Å². The first-order valence-electron chi connectivity index (χ1n) is 6.95. The van der Waals surface area contributed by atoms with Crippen molar-refractivity contribution in [3.05, 3.63) is 5.89 Å². The smallest absolute Gasteiger partial charge is 0.266 e. The summed E-state index contributed by atoms with van der Waals surface area (Å²) in [6.07, 6.45) is 1.13. The summed E-state index contributed by atoms with van der Waals surface area (Å²) in [6.45, 7) is 13.4. The van der Waals surface area contributed by atoms with Crippen molar-refractivity contribution in [1.82, 2.24) is 15.5 Å². The van der Waals surface area contributed by atoms with Crippen LogP contribution in [0.25, 0.3) is 0 Å². The zero-order chi connectivity index (χ0) is 13.5. The van der Waals surface area contributed by atoms with Crippen LogP contribution in [-0.2, 0) is 0 Å². The van der Waals surface area contributed by atoms with Crippen LogP contribution in [0.1, 0.15) is 52.8 Å². The zero-order valence-electron chi connectivity index (χ0n) is 12.2. The van der Waals surface area contributed by atoms with E-state index in [2.05, 4.69) is 55.0 Å². The van der Waals surface area contributed by atoms with Gasteiger partial charge in [0.2, 0.25) is 5.89 Å². The lowest BCUT2D eigenvalue weighted by Gasteiger charge is -2.18. The molecule has 0 aliphatic heterocycles. The normalized spacial score (nSPS) is 14.5. The summed E-state index contributed by atoms with van der Waals surface area (Å²) < 4.78 is 5.37. The Balaban J connectivity index is 2.66. The maximum absolute atomic E-state index is 5.37. The molecule has 1 rings (SSSR count). The fourth-order valence-electron chi connectivity index (χ4n) is 1.81. The molecule has 0 aromatic carbocycles. The minimum absolute atomic E-state index is 0.230. The van der Waals surface area contributed by atoms with Gasteiger partial charge in [-0.05, 0) is 38.9 Å². The van der Waals surface area contributed by atoms with Gasteiger partial charge in [-0.15, -0.1) is 0 Å². The monoisotopic (exact) mass is 254 g/mol. The van der Waals surface area contributed by atoms with Gasteiger partial charge in [0.05, 0.1) is 5.92 Å². The number of hydrogen-bond acceptors (Lipinski definition) is 5. The number of hydrogen-bond donors (Lipinski definition) is 1. The molecule has 0 radical (unpaired) electrons. The van der Waals surface area contributed by atoms with E-state index < -0.39 is 0 Å². The molecule has 0 fully saturated rings. The van der Waals surface area contributed by atoms with Crippen molar-refractivity contribution in [3.63, 3.8) is 0 Å². The molecule has 1 aromatic rings. The van der Waals surface area contributed by atoms with E-state index in [9.17, 15) is 0 Å². The average molecular weight is 254 g/mol. The van der Waals surface area contributed by atoms with E-state index in [1.807, 2.05) is 0 Å². The van der Waals surface area contributed by atoms with Crippen LogP contribution in [0.2, 0.25) is 0 Å². The Morgan fingerprint density at radius 1 is 1.22 bits per heavy atom. The van der Waals surface area contributed by atoms with Gasteiger partial charge < -0.3 is 14.7 Å². The molecule has 2 unspecified atom stereocenters. The molecule has 0 saturated heterocycles. The van der Waals surface area contributed by atoms with Crippen LogP contribution in [0.4, 0.5) is 5.95 Å². The molecule has 1 aromatic heterocycles. The van der Waals surface area contributed by atoms with Crippen LogP contribution in [0.15, 0.2) is 4.52 Å². The predicted octanol–water partition coefficient (Wildman–Crippen LogP) is 2.41. The highest BCUT2D eigenvalue weighted by Gasteiger charge is 2.21. The van der Waals surface area contributed by atoms with E-state index in [4.69, 9.17) is 4.52 Å². The maximum atomic E-state index is 5.37. The first-order chi connectivity index (χ1) is 8.63. The molecule has 5 nitrogen and oxygen atoms in total. The number of anilines is 1. The Hall–Kier alpha value is -1.10. The Kier molecular flexibility index (Phi) is 6.12. The summed E-state index contributed by atoms with van der Waals surface area (Å²) in [5.41, 5.74) is 0. The fourth-order valence-corrected chi connectivity index (χ4v) is 1.81. The zero-order valence-corrected chi connectivity index (χ0v) is 12.2. The van der Waals surface area contributed by atoms with Crippen LogP contribution in [-0.4, -0.2) is 35.8 Å². The van der Waals surface area contributed by atoms with Gasteiger partial charge in [0.25, 0.3) is 5.95 Å². The standard InChI is InChI=1S/C13H26N4O/c1-6-9-14-11(5)10(4)12-15-13(16-18-12)17(7-2)8-3/h10-11,14H,6-9H2,1-5H3. The lowest BCUT2D eigenvalue weighted by Crippen LogP contribution is -2.31. The van der Waals surface area contributed by atoms with Crippen LogP contribution in [0.3, 0.4) is 0 Å². The molecule has 2 atom stereocenters. The van der Waals surface area contributed by atoms with E-state index in [0.717, 1.165) is 26.1 Å². The van der Waals surface area contributed by atoms with E-state index in [-0.39, 0.29) is 5.92 Å². The van der Waals surface area contributed by atoms with Gasteiger partial charge in [0.15, 0.2) is 0 Å². The first-order valence-corrected chi connectivity index (χ1v) is 6.95. The van der Waals surface area contributed by atoms with Crippen molar-refractivity contribution in [2.75, 3.05) is 24.5 Å². The van der Waals surface area contributed by atoms with Crippen LogP contribution >= 0.6 is 0 Å². The third-order valence-electron chi connectivity index (χ3n) is 3.33. The Morgan fingerprint density at radius 2 is 1.89 bits per heavy atom. The third-order valence-corrected chi connectivity index (χ3v) is 3.33. The van der Waals surface area contributed by atoms with Crippen molar-refractivity contribution >= 4 is 5.95 Å². The second-order valence-electron chi connectivity index (χ2n) is 4.64. The van der Waals surface area contributed by atoms with Gasteiger partial charge in [-0.1, -0.05) is 13.8 Å². The molecular weight excluding hydrogens is 228 g/mol. The lowest BCUT2D eigenvalue weighted by molar-refractivity contribution is 0.330. The molecule has 0 bridgehead atoms. The number of nitrogens with one attached hydrogen (secondary N) is 1. The molecule has 1 heterocycles. The van der Waals surface area contributed by atoms with Gasteiger partial charge in [-0.3, -0.25) is 0 Å². The van der Waals surface area contributed by atoms with E-state index in [1.54, 1.807) is 0 Å². The van der Waals surface area contributed by atoms with E-state index in [1.165, 1.54) is 0 Å². The van der Waals surface area contributed by atoms with Crippen LogP contribution < -0.4 is 10.2 Å².